The van der Waals surface area contributed by atoms with E-state index in [-0.39, 0.29) is 10.9 Å². The number of fused-ring (bicyclic) bond motifs is 1. The van der Waals surface area contributed by atoms with Crippen LogP contribution in [0.2, 0.25) is 5.02 Å². The van der Waals surface area contributed by atoms with Crippen molar-refractivity contribution < 1.29 is 14.3 Å². The molecule has 3 rings (SSSR count). The minimum atomic E-state index is -0.545. The Labute approximate surface area is 169 Å². The van der Waals surface area contributed by atoms with Crippen molar-refractivity contribution in [3.63, 3.8) is 0 Å². The first-order valence-corrected chi connectivity index (χ1v) is 9.25. The second-order valence-electron chi connectivity index (χ2n) is 5.28. The smallest absolute Gasteiger partial charge is 0.355 e. The van der Waals surface area contributed by atoms with E-state index < -0.39 is 5.97 Å². The molecular formula is C18H14ClN3O3S2. The van der Waals surface area contributed by atoms with Gasteiger partial charge in [-0.05, 0) is 42.0 Å². The first-order valence-electron chi connectivity index (χ1n) is 7.65. The van der Waals surface area contributed by atoms with Crippen molar-refractivity contribution in [1.82, 2.24) is 5.43 Å². The van der Waals surface area contributed by atoms with Crippen molar-refractivity contribution in [2.45, 2.75) is 0 Å². The summed E-state index contributed by atoms with van der Waals surface area (Å²) in [5.74, 6) is 0.103. The summed E-state index contributed by atoms with van der Waals surface area (Å²) in [6.45, 7) is 0. The van der Waals surface area contributed by atoms with Gasteiger partial charge in [-0.2, -0.15) is 5.10 Å². The Hall–Kier alpha value is -2.68. The van der Waals surface area contributed by atoms with E-state index in [1.54, 1.807) is 18.2 Å². The molecule has 0 aliphatic heterocycles. The largest absolute Gasteiger partial charge is 0.493 e. The van der Waals surface area contributed by atoms with Gasteiger partial charge in [0.25, 0.3) is 0 Å². The van der Waals surface area contributed by atoms with Gasteiger partial charge >= 0.3 is 5.97 Å². The van der Waals surface area contributed by atoms with Crippen molar-refractivity contribution in [2.75, 3.05) is 7.11 Å². The molecule has 1 heterocycles. The summed E-state index contributed by atoms with van der Waals surface area (Å²) in [6, 6.07) is 12.5. The van der Waals surface area contributed by atoms with Gasteiger partial charge in [-0.3, -0.25) is 5.43 Å². The Morgan fingerprint density at radius 1 is 1.30 bits per heavy atom. The second kappa shape index (κ2) is 8.34. The molecule has 0 radical (unpaired) electrons. The lowest BCUT2D eigenvalue weighted by Crippen LogP contribution is -2.23. The van der Waals surface area contributed by atoms with Gasteiger partial charge < -0.3 is 15.2 Å². The first-order chi connectivity index (χ1) is 13.0. The quantitative estimate of drug-likeness (QED) is 0.214. The van der Waals surface area contributed by atoms with Gasteiger partial charge in [0, 0.05) is 10.1 Å². The number of thiophene rings is 1. The van der Waals surface area contributed by atoms with E-state index >= 15 is 0 Å². The molecule has 0 amide bonds. The van der Waals surface area contributed by atoms with Crippen LogP contribution in [0.25, 0.3) is 10.1 Å². The molecule has 0 aliphatic carbocycles. The number of hydrogen-bond donors (Lipinski definition) is 2. The monoisotopic (exact) mass is 419 g/mol. The molecule has 9 heteroatoms. The highest BCUT2D eigenvalue weighted by molar-refractivity contribution is 7.80. The molecule has 0 aliphatic rings. The molecule has 2 aromatic carbocycles. The topological polar surface area (TPSA) is 85.9 Å². The summed E-state index contributed by atoms with van der Waals surface area (Å²) < 4.78 is 11.7. The number of nitrogens with zero attached hydrogens (tertiary/aromatic N) is 1. The molecule has 0 bridgehead atoms. The van der Waals surface area contributed by atoms with Gasteiger partial charge in [0.15, 0.2) is 16.6 Å². The highest BCUT2D eigenvalue weighted by Gasteiger charge is 2.20. The molecule has 138 valence electrons. The molecule has 3 aromatic rings. The van der Waals surface area contributed by atoms with E-state index in [2.05, 4.69) is 22.7 Å². The Bertz CT molecular complexity index is 1050. The number of thiocarbonyl (C=S) groups is 1. The Balaban J connectivity index is 1.83. The van der Waals surface area contributed by atoms with Crippen molar-refractivity contribution in [1.29, 1.82) is 0 Å². The summed E-state index contributed by atoms with van der Waals surface area (Å²) in [4.78, 5) is 12.9. The van der Waals surface area contributed by atoms with Crippen molar-refractivity contribution in [3.05, 3.63) is 57.9 Å². The van der Waals surface area contributed by atoms with E-state index in [0.29, 0.717) is 21.2 Å². The van der Waals surface area contributed by atoms with Crippen LogP contribution in [-0.4, -0.2) is 24.4 Å². The van der Waals surface area contributed by atoms with Crippen molar-refractivity contribution >= 4 is 62.5 Å². The van der Waals surface area contributed by atoms with Gasteiger partial charge in [0.1, 0.15) is 4.88 Å². The minimum absolute atomic E-state index is 0.0592. The van der Waals surface area contributed by atoms with Crippen LogP contribution in [0.5, 0.6) is 11.5 Å². The molecule has 1 aromatic heterocycles. The predicted octanol–water partition coefficient (Wildman–Crippen LogP) is 3.95. The Morgan fingerprint density at radius 3 is 2.78 bits per heavy atom. The molecule has 0 spiro atoms. The molecule has 6 nitrogen and oxygen atoms in total. The third-order valence-corrected chi connectivity index (χ3v) is 5.25. The highest BCUT2D eigenvalue weighted by Crippen LogP contribution is 2.36. The fraction of sp³-hybridized carbons (Fsp3) is 0.0556. The van der Waals surface area contributed by atoms with E-state index in [4.69, 9.17) is 26.8 Å². The third kappa shape index (κ3) is 4.36. The number of ether oxygens (including phenoxy) is 2. The molecule has 0 unspecified atom stereocenters. The first kappa shape index (κ1) is 19.1. The second-order valence-corrected chi connectivity index (χ2v) is 7.15. The van der Waals surface area contributed by atoms with Gasteiger partial charge in [-0.15, -0.1) is 11.3 Å². The van der Waals surface area contributed by atoms with Crippen LogP contribution in [0.15, 0.2) is 47.6 Å². The number of carbonyl (C=O) groups is 1. The average Bonchev–Trinajstić information content (AvgIpc) is 2.99. The molecule has 0 saturated heterocycles. The van der Waals surface area contributed by atoms with E-state index in [1.165, 1.54) is 24.7 Å². The minimum Gasteiger partial charge on any atom is -0.493 e. The number of benzene rings is 2. The summed E-state index contributed by atoms with van der Waals surface area (Å²) in [6.07, 6.45) is 1.51. The Kier molecular flexibility index (Phi) is 5.90. The summed E-state index contributed by atoms with van der Waals surface area (Å²) >= 11 is 12.3. The predicted molar refractivity (Wildman–Crippen MR) is 112 cm³/mol. The molecule has 0 atom stereocenters. The normalized spacial score (nSPS) is 10.9. The fourth-order valence-corrected chi connectivity index (χ4v) is 3.75. The van der Waals surface area contributed by atoms with Crippen LogP contribution >= 0.6 is 35.2 Å². The number of hydrogen-bond acceptors (Lipinski definition) is 6. The molecule has 27 heavy (non-hydrogen) atoms. The Morgan fingerprint density at radius 2 is 2.07 bits per heavy atom. The summed E-state index contributed by atoms with van der Waals surface area (Å²) in [5, 5.41) is 5.13. The van der Waals surface area contributed by atoms with Crippen LogP contribution in [0, 0.1) is 0 Å². The third-order valence-electron chi connectivity index (χ3n) is 3.50. The number of hydrazone groups is 1. The lowest BCUT2D eigenvalue weighted by Gasteiger charge is -2.09. The number of nitrogens with one attached hydrogen (secondary N) is 1. The molecule has 3 N–H and O–H groups in total. The van der Waals surface area contributed by atoms with Gasteiger partial charge in [0.2, 0.25) is 0 Å². The van der Waals surface area contributed by atoms with Crippen LogP contribution < -0.4 is 20.6 Å². The van der Waals surface area contributed by atoms with Crippen LogP contribution in [-0.2, 0) is 0 Å². The highest BCUT2D eigenvalue weighted by atomic mass is 35.5. The lowest BCUT2D eigenvalue weighted by atomic mass is 10.2. The van der Waals surface area contributed by atoms with Crippen LogP contribution in [0.1, 0.15) is 15.2 Å². The number of methoxy groups -OCH3 is 1. The maximum atomic E-state index is 12.6. The number of esters is 1. The summed E-state index contributed by atoms with van der Waals surface area (Å²) in [7, 11) is 1.48. The standard InChI is InChI=1S/C18H14ClN3O3S2/c1-24-13-8-10(9-21-22-18(20)26)6-7-12(13)25-17(23)16-15(19)11-4-2-3-5-14(11)27-16/h2-9H,1H3,(H3,20,22,26)/b21-9+. The van der Waals surface area contributed by atoms with Gasteiger partial charge in [0.05, 0.1) is 18.3 Å². The van der Waals surface area contributed by atoms with Crippen LogP contribution in [0.3, 0.4) is 0 Å². The number of nitrogens with two attached hydrogens (primary N) is 1. The number of carbonyl (C=O) groups excluding carboxylic acids is 1. The van der Waals surface area contributed by atoms with Gasteiger partial charge in [-0.25, -0.2) is 4.79 Å². The number of halogens is 1. The zero-order chi connectivity index (χ0) is 19.4. The maximum Gasteiger partial charge on any atom is 0.355 e. The van der Waals surface area contributed by atoms with E-state index in [0.717, 1.165) is 10.1 Å². The fourth-order valence-electron chi connectivity index (χ4n) is 2.31. The lowest BCUT2D eigenvalue weighted by molar-refractivity contribution is 0.0735. The summed E-state index contributed by atoms with van der Waals surface area (Å²) in [5.41, 5.74) is 8.46. The van der Waals surface area contributed by atoms with Crippen molar-refractivity contribution in [2.24, 2.45) is 10.8 Å². The SMILES string of the molecule is COc1cc(/C=N/NC(N)=S)ccc1OC(=O)c1sc2ccccc2c1Cl. The number of rotatable bonds is 5. The zero-order valence-electron chi connectivity index (χ0n) is 14.1. The van der Waals surface area contributed by atoms with Gasteiger partial charge in [-0.1, -0.05) is 29.8 Å². The van der Waals surface area contributed by atoms with Crippen molar-refractivity contribution in [3.8, 4) is 11.5 Å². The van der Waals surface area contributed by atoms with E-state index in [1.807, 2.05) is 24.3 Å². The zero-order valence-corrected chi connectivity index (χ0v) is 16.5. The maximum absolute atomic E-state index is 12.6. The van der Waals surface area contributed by atoms with Crippen LogP contribution in [0.4, 0.5) is 0 Å². The average molecular weight is 420 g/mol. The molecular weight excluding hydrogens is 406 g/mol. The van der Waals surface area contributed by atoms with E-state index in [9.17, 15) is 4.79 Å². The molecule has 0 saturated carbocycles. The molecule has 0 fully saturated rings.